The van der Waals surface area contributed by atoms with Gasteiger partial charge in [0, 0.05) is 5.69 Å². The van der Waals surface area contributed by atoms with Crippen molar-refractivity contribution in [3.63, 3.8) is 0 Å². The van der Waals surface area contributed by atoms with Crippen LogP contribution in [0.15, 0.2) is 24.3 Å². The fourth-order valence-electron chi connectivity index (χ4n) is 1.08. The first-order chi connectivity index (χ1) is 9.33. The van der Waals surface area contributed by atoms with Crippen LogP contribution >= 0.6 is 0 Å². The van der Waals surface area contributed by atoms with Gasteiger partial charge in [-0.1, -0.05) is 0 Å². The number of carbonyl (C=O) groups excluding carboxylic acids is 1. The Morgan fingerprint density at radius 3 is 1.76 bits per heavy atom. The predicted molar refractivity (Wildman–Crippen MR) is 52.8 cm³/mol. The van der Waals surface area contributed by atoms with E-state index in [4.69, 9.17) is 0 Å². The van der Waals surface area contributed by atoms with Crippen LogP contribution < -0.4 is 10.1 Å². The first-order valence-electron chi connectivity index (χ1n) is 4.95. The highest BCUT2D eigenvalue weighted by Crippen LogP contribution is 2.36. The Morgan fingerprint density at radius 2 is 1.38 bits per heavy atom. The first kappa shape index (κ1) is 17.0. The Labute approximate surface area is 111 Å². The number of carbonyl (C=O) groups is 1. The second kappa shape index (κ2) is 5.37. The van der Waals surface area contributed by atoms with Crippen LogP contribution in [0.2, 0.25) is 0 Å². The SMILES string of the molecule is O=C(Nc1ccc(OC(F)(F)F)cc1)C(F)(F)C(F)(F)F. The summed E-state index contributed by atoms with van der Waals surface area (Å²) in [6.07, 6.45) is -11.1. The molecule has 0 saturated carbocycles. The van der Waals surface area contributed by atoms with E-state index < -0.39 is 35.8 Å². The van der Waals surface area contributed by atoms with Crippen molar-refractivity contribution >= 4 is 11.6 Å². The van der Waals surface area contributed by atoms with Crippen LogP contribution in [0.3, 0.4) is 0 Å². The van der Waals surface area contributed by atoms with Crippen molar-refractivity contribution in [1.82, 2.24) is 0 Å². The zero-order valence-corrected chi connectivity index (χ0v) is 9.65. The third-order valence-corrected chi connectivity index (χ3v) is 1.99. The molecule has 1 aromatic rings. The molecular formula is C10H5F8NO2. The van der Waals surface area contributed by atoms with Crippen molar-refractivity contribution in [2.75, 3.05) is 5.32 Å². The summed E-state index contributed by atoms with van der Waals surface area (Å²) in [7, 11) is 0. The minimum absolute atomic E-state index is 0.557. The summed E-state index contributed by atoms with van der Waals surface area (Å²) < 4.78 is 99.8. The number of anilines is 1. The lowest BCUT2D eigenvalue weighted by Gasteiger charge is -2.18. The van der Waals surface area contributed by atoms with Gasteiger partial charge in [-0.25, -0.2) is 0 Å². The number of ether oxygens (including phenoxy) is 1. The van der Waals surface area contributed by atoms with Crippen LogP contribution in [0.1, 0.15) is 0 Å². The second-order valence-electron chi connectivity index (χ2n) is 3.60. The standard InChI is InChI=1S/C10H5F8NO2/c11-8(12,9(13,14)15)7(20)19-5-1-3-6(4-2-5)21-10(16,17)18/h1-4H,(H,19,20). The van der Waals surface area contributed by atoms with E-state index in [-0.39, 0.29) is 0 Å². The van der Waals surface area contributed by atoms with Gasteiger partial charge in [0.2, 0.25) is 0 Å². The molecule has 11 heteroatoms. The number of benzene rings is 1. The van der Waals surface area contributed by atoms with Crippen molar-refractivity contribution in [2.24, 2.45) is 0 Å². The molecule has 0 heterocycles. The predicted octanol–water partition coefficient (Wildman–Crippen LogP) is 3.72. The van der Waals surface area contributed by atoms with Gasteiger partial charge in [0.25, 0.3) is 0 Å². The molecule has 0 aromatic heterocycles. The van der Waals surface area contributed by atoms with Gasteiger partial charge in [-0.3, -0.25) is 4.79 Å². The number of nitrogens with one attached hydrogen (secondary N) is 1. The van der Waals surface area contributed by atoms with Gasteiger partial charge in [-0.05, 0) is 24.3 Å². The highest BCUT2D eigenvalue weighted by atomic mass is 19.4. The molecule has 0 atom stereocenters. The zero-order valence-electron chi connectivity index (χ0n) is 9.65. The average Bonchev–Trinajstić information content (AvgIpc) is 2.28. The van der Waals surface area contributed by atoms with E-state index in [1.54, 1.807) is 0 Å². The van der Waals surface area contributed by atoms with Gasteiger partial charge in [-0.15, -0.1) is 13.2 Å². The Kier molecular flexibility index (Phi) is 4.34. The van der Waals surface area contributed by atoms with E-state index in [2.05, 4.69) is 4.74 Å². The smallest absolute Gasteiger partial charge is 0.406 e. The molecule has 0 unspecified atom stereocenters. The Bertz CT molecular complexity index is 505. The molecule has 0 bridgehead atoms. The van der Waals surface area contributed by atoms with Crippen LogP contribution in [-0.4, -0.2) is 24.4 Å². The molecule has 1 aromatic carbocycles. The Balaban J connectivity index is 2.79. The number of amides is 1. The summed E-state index contributed by atoms with van der Waals surface area (Å²) in [6.45, 7) is 0. The quantitative estimate of drug-likeness (QED) is 0.861. The molecule has 0 radical (unpaired) electrons. The van der Waals surface area contributed by atoms with Crippen LogP contribution in [0.4, 0.5) is 40.8 Å². The van der Waals surface area contributed by atoms with E-state index >= 15 is 0 Å². The van der Waals surface area contributed by atoms with E-state index in [1.165, 1.54) is 5.32 Å². The van der Waals surface area contributed by atoms with Gasteiger partial charge >= 0.3 is 24.4 Å². The summed E-state index contributed by atoms with van der Waals surface area (Å²) in [5.74, 6) is -9.02. The van der Waals surface area contributed by atoms with E-state index in [0.717, 1.165) is 0 Å². The zero-order chi connectivity index (χ0) is 16.5. The van der Waals surface area contributed by atoms with E-state index in [0.29, 0.717) is 24.3 Å². The lowest BCUT2D eigenvalue weighted by molar-refractivity contribution is -0.274. The molecule has 0 saturated heterocycles. The minimum atomic E-state index is -6.09. The van der Waals surface area contributed by atoms with Crippen LogP contribution in [0, 0.1) is 0 Å². The van der Waals surface area contributed by atoms with E-state index in [1.807, 2.05) is 0 Å². The highest BCUT2D eigenvalue weighted by Gasteiger charge is 2.63. The lowest BCUT2D eigenvalue weighted by atomic mass is 10.2. The van der Waals surface area contributed by atoms with Crippen LogP contribution in [0.5, 0.6) is 5.75 Å². The number of hydrogen-bond donors (Lipinski definition) is 1. The molecule has 0 spiro atoms. The van der Waals surface area contributed by atoms with Crippen molar-refractivity contribution < 1.29 is 44.7 Å². The summed E-state index contributed by atoms with van der Waals surface area (Å²) in [4.78, 5) is 10.8. The fourth-order valence-corrected chi connectivity index (χ4v) is 1.08. The fraction of sp³-hybridized carbons (Fsp3) is 0.300. The van der Waals surface area contributed by atoms with Crippen LogP contribution in [0.25, 0.3) is 0 Å². The van der Waals surface area contributed by atoms with Crippen molar-refractivity contribution in [1.29, 1.82) is 0 Å². The maximum Gasteiger partial charge on any atom is 0.573 e. The summed E-state index contributed by atoms with van der Waals surface area (Å²) in [6, 6.07) is 2.61. The molecule has 0 aliphatic rings. The largest absolute Gasteiger partial charge is 0.573 e. The van der Waals surface area contributed by atoms with Crippen LogP contribution in [-0.2, 0) is 4.79 Å². The summed E-state index contributed by atoms with van der Waals surface area (Å²) >= 11 is 0. The molecule has 1 rings (SSSR count). The number of rotatable bonds is 3. The topological polar surface area (TPSA) is 38.3 Å². The third kappa shape index (κ3) is 4.46. The van der Waals surface area contributed by atoms with E-state index in [9.17, 15) is 39.9 Å². The number of halogens is 8. The molecule has 0 fully saturated rings. The molecule has 21 heavy (non-hydrogen) atoms. The normalized spacial score (nSPS) is 13.0. The molecule has 1 N–H and O–H groups in total. The monoisotopic (exact) mass is 323 g/mol. The third-order valence-electron chi connectivity index (χ3n) is 1.99. The molecule has 1 amide bonds. The highest BCUT2D eigenvalue weighted by molar-refractivity contribution is 5.96. The van der Waals surface area contributed by atoms with Gasteiger partial charge in [0.15, 0.2) is 0 Å². The van der Waals surface area contributed by atoms with Crippen molar-refractivity contribution in [2.45, 2.75) is 18.5 Å². The molecule has 118 valence electrons. The summed E-state index contributed by atoms with van der Waals surface area (Å²) in [5, 5.41) is 1.23. The maximum atomic E-state index is 12.6. The Morgan fingerprint density at radius 1 is 0.905 bits per heavy atom. The molecule has 3 nitrogen and oxygen atoms in total. The van der Waals surface area contributed by atoms with Gasteiger partial charge in [0.05, 0.1) is 0 Å². The van der Waals surface area contributed by atoms with Gasteiger partial charge < -0.3 is 10.1 Å². The second-order valence-corrected chi connectivity index (χ2v) is 3.60. The lowest BCUT2D eigenvalue weighted by Crippen LogP contribution is -2.47. The minimum Gasteiger partial charge on any atom is -0.406 e. The molecule has 0 aliphatic carbocycles. The maximum absolute atomic E-state index is 12.6. The Hall–Kier alpha value is -2.07. The number of alkyl halides is 8. The molecular weight excluding hydrogens is 318 g/mol. The average molecular weight is 323 g/mol. The van der Waals surface area contributed by atoms with Gasteiger partial charge in [0.1, 0.15) is 5.75 Å². The molecule has 0 aliphatic heterocycles. The summed E-state index contributed by atoms with van der Waals surface area (Å²) in [5.41, 5.74) is -0.557. The number of hydrogen-bond acceptors (Lipinski definition) is 2. The first-order valence-corrected chi connectivity index (χ1v) is 4.95. The van der Waals surface area contributed by atoms with Crippen molar-refractivity contribution in [3.8, 4) is 5.75 Å². The van der Waals surface area contributed by atoms with Crippen molar-refractivity contribution in [3.05, 3.63) is 24.3 Å². The van der Waals surface area contributed by atoms with Gasteiger partial charge in [-0.2, -0.15) is 22.0 Å².